The Bertz CT molecular complexity index is 1150. The van der Waals surface area contributed by atoms with Crippen LogP contribution in [0, 0.1) is 18.8 Å². The van der Waals surface area contributed by atoms with Crippen LogP contribution in [0.15, 0.2) is 11.4 Å². The third kappa shape index (κ3) is 5.62. The van der Waals surface area contributed by atoms with Gasteiger partial charge in [0.1, 0.15) is 12.2 Å². The first-order valence-electron chi connectivity index (χ1n) is 13.7. The first kappa shape index (κ1) is 27.1. The number of halogens is 3. The lowest BCUT2D eigenvalue weighted by atomic mass is 9.68. The largest absolute Gasteiger partial charge is 0.435 e. The van der Waals surface area contributed by atoms with E-state index in [0.29, 0.717) is 49.3 Å². The summed E-state index contributed by atoms with van der Waals surface area (Å²) in [5.74, 6) is 1.28. The molecule has 0 radical (unpaired) electrons. The third-order valence-corrected chi connectivity index (χ3v) is 9.86. The van der Waals surface area contributed by atoms with Gasteiger partial charge in [-0.3, -0.25) is 14.3 Å². The van der Waals surface area contributed by atoms with Crippen molar-refractivity contribution in [3.63, 3.8) is 0 Å². The number of likely N-dealkylation sites (tertiary alicyclic amines) is 1. The molecule has 7 nitrogen and oxygen atoms in total. The summed E-state index contributed by atoms with van der Waals surface area (Å²) in [4.78, 5) is 34.5. The zero-order valence-electron chi connectivity index (χ0n) is 22.0. The minimum Gasteiger partial charge on any atom is -0.341 e. The topological polar surface area (TPSA) is 71.3 Å². The number of aromatic nitrogens is 3. The molecule has 38 heavy (non-hydrogen) atoms. The number of thiazole rings is 1. The monoisotopic (exact) mass is 551 g/mol. The number of fused-ring (bicyclic) bond motifs is 1. The van der Waals surface area contributed by atoms with Crippen LogP contribution in [0.25, 0.3) is 0 Å². The van der Waals surface area contributed by atoms with Crippen LogP contribution < -0.4 is 0 Å². The molecule has 1 saturated heterocycles. The summed E-state index contributed by atoms with van der Waals surface area (Å²) in [7, 11) is 1.94. The molecular weight excluding hydrogens is 515 g/mol. The van der Waals surface area contributed by atoms with Crippen LogP contribution in [-0.2, 0) is 17.5 Å². The van der Waals surface area contributed by atoms with Crippen LogP contribution in [-0.4, -0.2) is 62.6 Å². The summed E-state index contributed by atoms with van der Waals surface area (Å²) < 4.78 is 39.9. The van der Waals surface area contributed by atoms with E-state index in [1.165, 1.54) is 56.8 Å². The molecule has 0 aromatic carbocycles. The fourth-order valence-electron chi connectivity index (χ4n) is 6.70. The number of rotatable bonds is 5. The molecule has 3 fully saturated rings. The molecule has 2 saturated carbocycles. The minimum atomic E-state index is -4.53. The molecule has 11 heteroatoms. The van der Waals surface area contributed by atoms with Gasteiger partial charge >= 0.3 is 6.18 Å². The standard InChI is InChI=1S/C27H36F3N5O2S/c1-17-14-23(27(28,29)30)32-35(17)15-24(36)34-12-10-19(11-13-34)25-31-21(16-38-25)26(37)33(2)22-9-5-7-18-6-3-4-8-20(18)22/h14,16,18-20,22H,3-13,15H2,1-2H3/t18?,20?,22-/m1/s1. The molecule has 2 unspecified atom stereocenters. The van der Waals surface area contributed by atoms with Crippen molar-refractivity contribution in [2.24, 2.45) is 11.8 Å². The van der Waals surface area contributed by atoms with Crippen molar-refractivity contribution in [1.29, 1.82) is 0 Å². The molecule has 2 amide bonds. The Morgan fingerprint density at radius 1 is 1.08 bits per heavy atom. The maximum absolute atomic E-state index is 13.4. The molecule has 0 spiro atoms. The van der Waals surface area contributed by atoms with Crippen LogP contribution in [0.4, 0.5) is 13.2 Å². The maximum Gasteiger partial charge on any atom is 0.435 e. The smallest absolute Gasteiger partial charge is 0.341 e. The number of carbonyl (C=O) groups is 2. The first-order valence-corrected chi connectivity index (χ1v) is 14.6. The second-order valence-electron chi connectivity index (χ2n) is 11.2. The first-order chi connectivity index (χ1) is 18.1. The highest BCUT2D eigenvalue weighted by atomic mass is 32.1. The number of hydrogen-bond donors (Lipinski definition) is 0. The van der Waals surface area contributed by atoms with E-state index in [9.17, 15) is 22.8 Å². The third-order valence-electron chi connectivity index (χ3n) is 8.85. The average molecular weight is 552 g/mol. The van der Waals surface area contributed by atoms with Crippen LogP contribution in [0.2, 0.25) is 0 Å². The SMILES string of the molecule is Cc1cc(C(F)(F)F)nn1CC(=O)N1CCC(c2nc(C(=O)N(C)[C@@H]3CCCC4CCCCC43)cs2)CC1. The molecule has 208 valence electrons. The lowest BCUT2D eigenvalue weighted by Gasteiger charge is -2.45. The van der Waals surface area contributed by atoms with Gasteiger partial charge in [0.2, 0.25) is 5.91 Å². The summed E-state index contributed by atoms with van der Waals surface area (Å²) in [6.07, 6.45) is 5.52. The number of amides is 2. The van der Waals surface area contributed by atoms with Gasteiger partial charge in [-0.2, -0.15) is 18.3 Å². The van der Waals surface area contributed by atoms with Gasteiger partial charge in [0, 0.05) is 43.2 Å². The maximum atomic E-state index is 13.4. The average Bonchev–Trinajstić information content (AvgIpc) is 3.55. The molecule has 2 aromatic heterocycles. The van der Waals surface area contributed by atoms with Crippen molar-refractivity contribution in [2.45, 2.75) is 89.4 Å². The summed E-state index contributed by atoms with van der Waals surface area (Å²) in [5.41, 5.74) is -0.167. The number of aryl methyl sites for hydroxylation is 1. The molecule has 2 aliphatic carbocycles. The van der Waals surface area contributed by atoms with Crippen molar-refractivity contribution in [3.05, 3.63) is 33.5 Å². The van der Waals surface area contributed by atoms with Crippen molar-refractivity contribution in [2.75, 3.05) is 20.1 Å². The summed E-state index contributed by atoms with van der Waals surface area (Å²) in [5, 5.41) is 6.36. The van der Waals surface area contributed by atoms with E-state index >= 15 is 0 Å². The van der Waals surface area contributed by atoms with Gasteiger partial charge in [-0.1, -0.05) is 32.1 Å². The Balaban J connectivity index is 1.16. The molecule has 1 aliphatic heterocycles. The second kappa shape index (κ2) is 11.0. The molecule has 3 heterocycles. The molecule has 5 rings (SSSR count). The lowest BCUT2D eigenvalue weighted by Crippen LogP contribution is -2.47. The van der Waals surface area contributed by atoms with E-state index in [2.05, 4.69) is 5.10 Å². The Morgan fingerprint density at radius 3 is 2.50 bits per heavy atom. The number of hydrogen-bond acceptors (Lipinski definition) is 5. The van der Waals surface area contributed by atoms with E-state index in [1.54, 1.807) is 4.90 Å². The van der Waals surface area contributed by atoms with E-state index in [0.717, 1.165) is 28.1 Å². The highest BCUT2D eigenvalue weighted by molar-refractivity contribution is 7.09. The van der Waals surface area contributed by atoms with E-state index in [1.807, 2.05) is 17.3 Å². The highest BCUT2D eigenvalue weighted by Gasteiger charge is 2.39. The Morgan fingerprint density at radius 2 is 1.79 bits per heavy atom. The fourth-order valence-corrected chi connectivity index (χ4v) is 7.67. The van der Waals surface area contributed by atoms with Crippen LogP contribution in [0.1, 0.15) is 90.6 Å². The Labute approximate surface area is 225 Å². The lowest BCUT2D eigenvalue weighted by molar-refractivity contribution is -0.142. The number of carbonyl (C=O) groups excluding carboxylic acids is 2. The molecule has 3 aliphatic rings. The molecule has 3 atom stereocenters. The molecular formula is C27H36F3N5O2S. The molecule has 0 N–H and O–H groups in total. The molecule has 2 aromatic rings. The van der Waals surface area contributed by atoms with Crippen LogP contribution in [0.5, 0.6) is 0 Å². The highest BCUT2D eigenvalue weighted by Crippen LogP contribution is 2.42. The Hall–Kier alpha value is -2.43. The predicted octanol–water partition coefficient (Wildman–Crippen LogP) is 5.50. The van der Waals surface area contributed by atoms with Crippen LogP contribution >= 0.6 is 11.3 Å². The van der Waals surface area contributed by atoms with Gasteiger partial charge in [-0.25, -0.2) is 4.98 Å². The van der Waals surface area contributed by atoms with Crippen LogP contribution in [0.3, 0.4) is 0 Å². The van der Waals surface area contributed by atoms with Gasteiger partial charge in [-0.15, -0.1) is 11.3 Å². The zero-order valence-corrected chi connectivity index (χ0v) is 22.9. The second-order valence-corrected chi connectivity index (χ2v) is 12.1. The van der Waals surface area contributed by atoms with E-state index in [4.69, 9.17) is 4.98 Å². The number of nitrogens with zero attached hydrogens (tertiary/aromatic N) is 5. The zero-order chi connectivity index (χ0) is 27.0. The van der Waals surface area contributed by atoms with Crippen molar-refractivity contribution < 1.29 is 22.8 Å². The quantitative estimate of drug-likeness (QED) is 0.492. The van der Waals surface area contributed by atoms with Crippen molar-refractivity contribution in [3.8, 4) is 0 Å². The van der Waals surface area contributed by atoms with Gasteiger partial charge in [0.15, 0.2) is 5.69 Å². The van der Waals surface area contributed by atoms with Gasteiger partial charge in [0.25, 0.3) is 5.91 Å². The number of alkyl halides is 3. The summed E-state index contributed by atoms with van der Waals surface area (Å²) in [6.45, 7) is 2.31. The Kier molecular flexibility index (Phi) is 7.84. The van der Waals surface area contributed by atoms with E-state index < -0.39 is 11.9 Å². The van der Waals surface area contributed by atoms with Crippen molar-refractivity contribution in [1.82, 2.24) is 24.6 Å². The van der Waals surface area contributed by atoms with Gasteiger partial charge in [0.05, 0.1) is 5.01 Å². The van der Waals surface area contributed by atoms with Gasteiger partial charge < -0.3 is 9.80 Å². The normalized spacial score (nSPS) is 24.8. The number of piperidine rings is 1. The predicted molar refractivity (Wildman–Crippen MR) is 138 cm³/mol. The summed E-state index contributed by atoms with van der Waals surface area (Å²) in [6, 6.07) is 1.26. The van der Waals surface area contributed by atoms with Gasteiger partial charge in [-0.05, 0) is 50.5 Å². The fraction of sp³-hybridized carbons (Fsp3) is 0.704. The van der Waals surface area contributed by atoms with E-state index in [-0.39, 0.29) is 24.3 Å². The van der Waals surface area contributed by atoms with Crippen molar-refractivity contribution >= 4 is 23.2 Å². The minimum absolute atomic E-state index is 0.00385. The summed E-state index contributed by atoms with van der Waals surface area (Å²) >= 11 is 1.51. The molecule has 0 bridgehead atoms.